The van der Waals surface area contributed by atoms with E-state index in [4.69, 9.17) is 5.11 Å². The molecule has 3 rings (SSSR count). The van der Waals surface area contributed by atoms with Gasteiger partial charge in [0, 0.05) is 24.3 Å². The summed E-state index contributed by atoms with van der Waals surface area (Å²) in [6.45, 7) is 2.52. The predicted molar refractivity (Wildman–Crippen MR) is 75.0 cm³/mol. The largest absolute Gasteiger partial charge is 0.481 e. The van der Waals surface area contributed by atoms with Crippen LogP contribution in [0.5, 0.6) is 0 Å². The minimum absolute atomic E-state index is 0.0550. The third-order valence-corrected chi connectivity index (χ3v) is 4.20. The number of carboxylic acid groups (broad SMARTS) is 1. The number of fused-ring (bicyclic) bond motifs is 1. The Balaban J connectivity index is 1.79. The quantitative estimate of drug-likeness (QED) is 0.849. The van der Waals surface area contributed by atoms with Crippen LogP contribution in [0.25, 0.3) is 0 Å². The van der Waals surface area contributed by atoms with Gasteiger partial charge in [-0.2, -0.15) is 0 Å². The Hall–Kier alpha value is -2.37. The van der Waals surface area contributed by atoms with Gasteiger partial charge in [-0.25, -0.2) is 0 Å². The lowest BCUT2D eigenvalue weighted by atomic mass is 9.99. The van der Waals surface area contributed by atoms with Crippen LogP contribution >= 0.6 is 0 Å². The molecule has 2 atom stereocenters. The lowest BCUT2D eigenvalue weighted by Crippen LogP contribution is -2.29. The average Bonchev–Trinajstić information content (AvgIpc) is 2.98. The molecule has 1 saturated heterocycles. The summed E-state index contributed by atoms with van der Waals surface area (Å²) >= 11 is 0. The molecule has 1 aromatic rings. The van der Waals surface area contributed by atoms with Crippen LogP contribution < -0.4 is 5.32 Å². The van der Waals surface area contributed by atoms with Crippen molar-refractivity contribution in [1.29, 1.82) is 0 Å². The van der Waals surface area contributed by atoms with Crippen LogP contribution in [0.3, 0.4) is 0 Å². The van der Waals surface area contributed by atoms with Crippen LogP contribution in [-0.2, 0) is 16.0 Å². The monoisotopic (exact) mass is 288 g/mol. The number of nitrogens with zero attached hydrogens (tertiary/aromatic N) is 1. The van der Waals surface area contributed by atoms with Crippen molar-refractivity contribution in [1.82, 2.24) is 4.90 Å². The summed E-state index contributed by atoms with van der Waals surface area (Å²) in [6, 6.07) is 5.14. The van der Waals surface area contributed by atoms with Crippen molar-refractivity contribution in [2.45, 2.75) is 13.3 Å². The Morgan fingerprint density at radius 1 is 1.33 bits per heavy atom. The van der Waals surface area contributed by atoms with Gasteiger partial charge in [0.2, 0.25) is 5.91 Å². The van der Waals surface area contributed by atoms with Gasteiger partial charge in [0.05, 0.1) is 12.3 Å². The summed E-state index contributed by atoms with van der Waals surface area (Å²) < 4.78 is 0. The van der Waals surface area contributed by atoms with Gasteiger partial charge >= 0.3 is 5.97 Å². The Morgan fingerprint density at radius 2 is 2.10 bits per heavy atom. The Morgan fingerprint density at radius 3 is 2.76 bits per heavy atom. The Kier molecular flexibility index (Phi) is 3.16. The van der Waals surface area contributed by atoms with Gasteiger partial charge in [0.25, 0.3) is 5.91 Å². The Bertz CT molecular complexity index is 641. The van der Waals surface area contributed by atoms with E-state index in [-0.39, 0.29) is 24.3 Å². The molecular weight excluding hydrogens is 272 g/mol. The molecule has 2 amide bonds. The molecule has 0 aromatic heterocycles. The van der Waals surface area contributed by atoms with Gasteiger partial charge in [0.15, 0.2) is 0 Å². The number of hydrogen-bond acceptors (Lipinski definition) is 3. The highest BCUT2D eigenvalue weighted by Gasteiger charge is 2.37. The molecule has 0 radical (unpaired) electrons. The second-order valence-electron chi connectivity index (χ2n) is 5.73. The number of amides is 2. The molecule has 0 spiro atoms. The summed E-state index contributed by atoms with van der Waals surface area (Å²) in [5, 5.41) is 11.8. The van der Waals surface area contributed by atoms with E-state index in [1.54, 1.807) is 23.1 Å². The second-order valence-corrected chi connectivity index (χ2v) is 5.73. The second kappa shape index (κ2) is 4.87. The van der Waals surface area contributed by atoms with Crippen LogP contribution in [0.15, 0.2) is 18.2 Å². The van der Waals surface area contributed by atoms with Crippen LogP contribution in [0.2, 0.25) is 0 Å². The van der Waals surface area contributed by atoms with E-state index in [0.29, 0.717) is 24.2 Å². The first kappa shape index (κ1) is 13.6. The van der Waals surface area contributed by atoms with Crippen molar-refractivity contribution in [3.63, 3.8) is 0 Å². The minimum atomic E-state index is -0.862. The molecule has 0 aliphatic carbocycles. The molecule has 21 heavy (non-hydrogen) atoms. The van der Waals surface area contributed by atoms with Crippen LogP contribution in [0.1, 0.15) is 22.8 Å². The van der Waals surface area contributed by atoms with Gasteiger partial charge in [0.1, 0.15) is 0 Å². The summed E-state index contributed by atoms with van der Waals surface area (Å²) in [5.41, 5.74) is 2.04. The summed E-state index contributed by atoms with van der Waals surface area (Å²) in [5.74, 6) is -1.69. The highest BCUT2D eigenvalue weighted by atomic mass is 16.4. The molecule has 0 saturated carbocycles. The maximum Gasteiger partial charge on any atom is 0.308 e. The van der Waals surface area contributed by atoms with Crippen molar-refractivity contribution in [3.05, 3.63) is 29.3 Å². The van der Waals surface area contributed by atoms with E-state index in [1.807, 2.05) is 6.92 Å². The van der Waals surface area contributed by atoms with E-state index in [0.717, 1.165) is 5.56 Å². The summed E-state index contributed by atoms with van der Waals surface area (Å²) in [4.78, 5) is 36.5. The molecule has 1 fully saturated rings. The topological polar surface area (TPSA) is 86.7 Å². The highest BCUT2D eigenvalue weighted by Crippen LogP contribution is 2.28. The van der Waals surface area contributed by atoms with E-state index >= 15 is 0 Å². The first-order valence-electron chi connectivity index (χ1n) is 6.90. The minimum Gasteiger partial charge on any atom is -0.481 e. The van der Waals surface area contributed by atoms with E-state index in [2.05, 4.69) is 5.32 Å². The first-order chi connectivity index (χ1) is 9.95. The van der Waals surface area contributed by atoms with Crippen molar-refractivity contribution in [2.24, 2.45) is 11.8 Å². The molecule has 2 heterocycles. The zero-order valence-electron chi connectivity index (χ0n) is 11.6. The molecule has 2 N–H and O–H groups in total. The van der Waals surface area contributed by atoms with E-state index < -0.39 is 11.9 Å². The van der Waals surface area contributed by atoms with Gasteiger partial charge in [-0.15, -0.1) is 0 Å². The third-order valence-electron chi connectivity index (χ3n) is 4.20. The first-order valence-corrected chi connectivity index (χ1v) is 6.90. The molecule has 2 unspecified atom stereocenters. The number of hydrogen-bond donors (Lipinski definition) is 2. The molecule has 0 bridgehead atoms. The van der Waals surface area contributed by atoms with Gasteiger partial charge in [-0.1, -0.05) is 13.0 Å². The normalized spacial score (nSPS) is 23.9. The zero-order valence-corrected chi connectivity index (χ0v) is 11.6. The number of rotatable bonds is 2. The lowest BCUT2D eigenvalue weighted by molar-refractivity contribution is -0.142. The number of anilines is 1. The van der Waals surface area contributed by atoms with Gasteiger partial charge in [-0.3, -0.25) is 14.4 Å². The zero-order chi connectivity index (χ0) is 15.1. The SMILES string of the molecule is CC1CN(C(=O)c2ccc3c(c2)NC(=O)C3)CC1C(=O)O. The van der Waals surface area contributed by atoms with E-state index in [1.165, 1.54) is 0 Å². The lowest BCUT2D eigenvalue weighted by Gasteiger charge is -2.16. The van der Waals surface area contributed by atoms with Crippen molar-refractivity contribution >= 4 is 23.5 Å². The molecule has 1 aromatic carbocycles. The Labute approximate surface area is 121 Å². The van der Waals surface area contributed by atoms with E-state index in [9.17, 15) is 14.4 Å². The van der Waals surface area contributed by atoms with Crippen molar-refractivity contribution < 1.29 is 19.5 Å². The third kappa shape index (κ3) is 2.37. The summed E-state index contributed by atoms with van der Waals surface area (Å²) in [7, 11) is 0. The maximum absolute atomic E-state index is 12.5. The number of carboxylic acids is 1. The molecule has 110 valence electrons. The fourth-order valence-corrected chi connectivity index (χ4v) is 2.98. The highest BCUT2D eigenvalue weighted by molar-refractivity contribution is 6.02. The predicted octanol–water partition coefficient (Wildman–Crippen LogP) is 0.974. The fourth-order valence-electron chi connectivity index (χ4n) is 2.98. The van der Waals surface area contributed by atoms with Crippen LogP contribution in [0.4, 0.5) is 5.69 Å². The molecule has 2 aliphatic rings. The van der Waals surface area contributed by atoms with Crippen molar-refractivity contribution in [2.75, 3.05) is 18.4 Å². The number of carbonyl (C=O) groups excluding carboxylic acids is 2. The van der Waals surface area contributed by atoms with Crippen LogP contribution in [0, 0.1) is 11.8 Å². The average molecular weight is 288 g/mol. The maximum atomic E-state index is 12.5. The summed E-state index contributed by atoms with van der Waals surface area (Å²) in [6.07, 6.45) is 0.339. The number of nitrogens with one attached hydrogen (secondary N) is 1. The number of carbonyl (C=O) groups is 3. The van der Waals surface area contributed by atoms with Crippen molar-refractivity contribution in [3.8, 4) is 0 Å². The smallest absolute Gasteiger partial charge is 0.308 e. The molecular formula is C15H16N2O4. The standard InChI is InChI=1S/C15H16N2O4/c1-8-6-17(7-11(8)15(20)21)14(19)10-3-2-9-5-13(18)16-12(9)4-10/h2-4,8,11H,5-7H2,1H3,(H,16,18)(H,20,21). The van der Waals surface area contributed by atoms with Gasteiger partial charge in [-0.05, 0) is 23.6 Å². The number of aliphatic carboxylic acids is 1. The molecule has 2 aliphatic heterocycles. The molecule has 6 heteroatoms. The molecule has 6 nitrogen and oxygen atoms in total. The van der Waals surface area contributed by atoms with Gasteiger partial charge < -0.3 is 15.3 Å². The van der Waals surface area contributed by atoms with Crippen LogP contribution in [-0.4, -0.2) is 40.9 Å². The number of likely N-dealkylation sites (tertiary alicyclic amines) is 1. The number of benzene rings is 1. The fraction of sp³-hybridized carbons (Fsp3) is 0.400.